The van der Waals surface area contributed by atoms with Crippen LogP contribution in [0.4, 0.5) is 0 Å². The van der Waals surface area contributed by atoms with Crippen LogP contribution in [0.15, 0.2) is 18.2 Å². The van der Waals surface area contributed by atoms with E-state index in [1.165, 1.54) is 24.0 Å². The van der Waals surface area contributed by atoms with Crippen molar-refractivity contribution in [3.63, 3.8) is 0 Å². The predicted octanol–water partition coefficient (Wildman–Crippen LogP) is 3.39. The molecule has 128 valence electrons. The molecule has 2 heterocycles. The summed E-state index contributed by atoms with van der Waals surface area (Å²) < 4.78 is 11.4. The Labute approximate surface area is 142 Å². The first-order valence-corrected chi connectivity index (χ1v) is 9.13. The summed E-state index contributed by atoms with van der Waals surface area (Å²) in [5.41, 5.74) is 1.93. The van der Waals surface area contributed by atoms with E-state index in [1.807, 2.05) is 6.07 Å². The van der Waals surface area contributed by atoms with E-state index in [9.17, 15) is 9.59 Å². The van der Waals surface area contributed by atoms with Crippen LogP contribution < -0.4 is 4.74 Å². The molecule has 4 nitrogen and oxygen atoms in total. The van der Waals surface area contributed by atoms with Gasteiger partial charge in [-0.25, -0.2) is 0 Å². The molecule has 0 unspecified atom stereocenters. The highest BCUT2D eigenvalue weighted by atomic mass is 16.6. The number of ether oxygens (including phenoxy) is 2. The van der Waals surface area contributed by atoms with Gasteiger partial charge >= 0.3 is 5.97 Å². The molecule has 1 aromatic rings. The zero-order valence-corrected chi connectivity index (χ0v) is 14.0. The van der Waals surface area contributed by atoms with Crippen LogP contribution in [0.1, 0.15) is 56.1 Å². The minimum Gasteiger partial charge on any atom is -0.493 e. The van der Waals surface area contributed by atoms with Gasteiger partial charge in [0, 0.05) is 12.8 Å². The molecule has 0 amide bonds. The molecule has 0 radical (unpaired) electrons. The second kappa shape index (κ2) is 6.23. The van der Waals surface area contributed by atoms with Crippen molar-refractivity contribution in [3.8, 4) is 5.75 Å². The number of rotatable bonds is 4. The van der Waals surface area contributed by atoms with E-state index >= 15 is 0 Å². The van der Waals surface area contributed by atoms with Gasteiger partial charge in [-0.3, -0.25) is 9.59 Å². The van der Waals surface area contributed by atoms with Crippen LogP contribution in [-0.4, -0.2) is 24.0 Å². The van der Waals surface area contributed by atoms with Gasteiger partial charge in [-0.2, -0.15) is 0 Å². The lowest BCUT2D eigenvalue weighted by Gasteiger charge is -2.41. The average molecular weight is 328 g/mol. The van der Waals surface area contributed by atoms with Crippen molar-refractivity contribution in [1.82, 2.24) is 0 Å². The molecular formula is C20H24O4. The van der Waals surface area contributed by atoms with Gasteiger partial charge in [-0.15, -0.1) is 0 Å². The fourth-order valence-electron chi connectivity index (χ4n) is 4.63. The van der Waals surface area contributed by atoms with Crippen molar-refractivity contribution < 1.29 is 19.1 Å². The average Bonchev–Trinajstić information content (AvgIpc) is 3.23. The van der Waals surface area contributed by atoms with Crippen molar-refractivity contribution in [2.45, 2.75) is 63.4 Å². The first kappa shape index (κ1) is 15.7. The largest absolute Gasteiger partial charge is 0.493 e. The van der Waals surface area contributed by atoms with Crippen molar-refractivity contribution in [1.29, 1.82) is 0 Å². The van der Waals surface area contributed by atoms with Crippen LogP contribution >= 0.6 is 0 Å². The molecule has 1 saturated heterocycles. The number of Topliss-reactive ketones (excluding diaryl/α,β-unsaturated/α-hetero) is 1. The number of ketones is 1. The summed E-state index contributed by atoms with van der Waals surface area (Å²) in [6, 6.07) is 6.34. The number of carbonyl (C=O) groups excluding carboxylic acids is 2. The Morgan fingerprint density at radius 1 is 1.17 bits per heavy atom. The molecule has 24 heavy (non-hydrogen) atoms. The predicted molar refractivity (Wildman–Crippen MR) is 89.0 cm³/mol. The molecule has 1 aromatic carbocycles. The molecule has 1 aliphatic carbocycles. The summed E-state index contributed by atoms with van der Waals surface area (Å²) in [7, 11) is 0. The molecular weight excluding hydrogens is 304 g/mol. The standard InChI is InChI=1S/C20H24O4/c21-17-12-19(22)24-20(13-17,16-3-1-2-4-16)9-7-14-5-6-18-15(11-14)8-10-23-18/h5-6,11,16H,1-4,7-10,12-13H2/t20-/m1/s1. The lowest BCUT2D eigenvalue weighted by molar-refractivity contribution is -0.178. The van der Waals surface area contributed by atoms with E-state index < -0.39 is 5.60 Å². The summed E-state index contributed by atoms with van der Waals surface area (Å²) in [6.07, 6.45) is 7.38. The third-order valence-electron chi connectivity index (χ3n) is 5.84. The number of cyclic esters (lactones) is 1. The number of fused-ring (bicyclic) bond motifs is 1. The van der Waals surface area contributed by atoms with Gasteiger partial charge in [0.05, 0.1) is 6.61 Å². The van der Waals surface area contributed by atoms with Crippen LogP contribution in [0.25, 0.3) is 0 Å². The zero-order valence-electron chi connectivity index (χ0n) is 14.0. The van der Waals surface area contributed by atoms with Gasteiger partial charge in [-0.05, 0) is 48.8 Å². The van der Waals surface area contributed by atoms with E-state index in [1.54, 1.807) is 0 Å². The molecule has 1 atom stereocenters. The maximum absolute atomic E-state index is 12.1. The first-order valence-electron chi connectivity index (χ1n) is 9.13. The van der Waals surface area contributed by atoms with E-state index in [-0.39, 0.29) is 18.2 Å². The van der Waals surface area contributed by atoms with Crippen molar-refractivity contribution >= 4 is 11.8 Å². The van der Waals surface area contributed by atoms with Crippen LogP contribution in [0.5, 0.6) is 5.75 Å². The van der Waals surface area contributed by atoms with Gasteiger partial charge in [0.15, 0.2) is 0 Å². The number of esters is 1. The van der Waals surface area contributed by atoms with Crippen LogP contribution in [0.3, 0.4) is 0 Å². The number of benzene rings is 1. The maximum atomic E-state index is 12.1. The summed E-state index contributed by atoms with van der Waals surface area (Å²) in [5, 5.41) is 0. The monoisotopic (exact) mass is 328 g/mol. The lowest BCUT2D eigenvalue weighted by atomic mass is 9.76. The van der Waals surface area contributed by atoms with Gasteiger partial charge in [0.2, 0.25) is 0 Å². The SMILES string of the molecule is O=C1CC(=O)O[C@@](CCc2ccc3c(c2)CCO3)(C2CCCC2)C1. The Morgan fingerprint density at radius 2 is 2.00 bits per heavy atom. The molecule has 0 aromatic heterocycles. The smallest absolute Gasteiger partial charge is 0.313 e. The highest BCUT2D eigenvalue weighted by molar-refractivity contribution is 5.98. The summed E-state index contributed by atoms with van der Waals surface area (Å²) >= 11 is 0. The Bertz CT molecular complexity index is 642. The van der Waals surface area contributed by atoms with E-state index in [2.05, 4.69) is 12.1 Å². The minimum atomic E-state index is -0.571. The van der Waals surface area contributed by atoms with Crippen LogP contribution in [-0.2, 0) is 27.2 Å². The molecule has 2 aliphatic heterocycles. The molecule has 4 rings (SSSR count). The summed E-state index contributed by atoms with van der Waals surface area (Å²) in [5.74, 6) is 1.04. The Hall–Kier alpha value is -1.84. The highest BCUT2D eigenvalue weighted by Crippen LogP contribution is 2.44. The maximum Gasteiger partial charge on any atom is 0.313 e. The zero-order chi connectivity index (χ0) is 16.6. The van der Waals surface area contributed by atoms with Gasteiger partial charge in [-0.1, -0.05) is 25.0 Å². The summed E-state index contributed by atoms with van der Waals surface area (Å²) in [6.45, 7) is 0.761. The minimum absolute atomic E-state index is 0.0421. The second-order valence-electron chi connectivity index (χ2n) is 7.45. The van der Waals surface area contributed by atoms with E-state index in [0.29, 0.717) is 12.3 Å². The highest BCUT2D eigenvalue weighted by Gasteiger charge is 2.47. The Kier molecular flexibility index (Phi) is 4.07. The Balaban J connectivity index is 1.53. The summed E-state index contributed by atoms with van der Waals surface area (Å²) in [4.78, 5) is 24.0. The number of aryl methyl sites for hydroxylation is 1. The van der Waals surface area contributed by atoms with Gasteiger partial charge in [0.25, 0.3) is 0 Å². The Morgan fingerprint density at radius 3 is 2.79 bits per heavy atom. The third kappa shape index (κ3) is 2.94. The molecule has 3 aliphatic rings. The van der Waals surface area contributed by atoms with Crippen molar-refractivity contribution in [3.05, 3.63) is 29.3 Å². The van der Waals surface area contributed by atoms with Gasteiger partial charge in [0.1, 0.15) is 23.6 Å². The van der Waals surface area contributed by atoms with Crippen LogP contribution in [0, 0.1) is 5.92 Å². The molecule has 0 N–H and O–H groups in total. The van der Waals surface area contributed by atoms with Crippen molar-refractivity contribution in [2.75, 3.05) is 6.61 Å². The quantitative estimate of drug-likeness (QED) is 0.628. The van der Waals surface area contributed by atoms with E-state index in [0.717, 1.165) is 44.5 Å². The van der Waals surface area contributed by atoms with Crippen molar-refractivity contribution in [2.24, 2.45) is 5.92 Å². The number of hydrogen-bond acceptors (Lipinski definition) is 4. The van der Waals surface area contributed by atoms with Gasteiger partial charge < -0.3 is 9.47 Å². The fourth-order valence-corrected chi connectivity index (χ4v) is 4.63. The second-order valence-corrected chi connectivity index (χ2v) is 7.45. The molecule has 0 spiro atoms. The number of hydrogen-bond donors (Lipinski definition) is 0. The number of carbonyl (C=O) groups is 2. The lowest BCUT2D eigenvalue weighted by Crippen LogP contribution is -2.48. The fraction of sp³-hybridized carbons (Fsp3) is 0.600. The molecule has 4 heteroatoms. The first-order chi connectivity index (χ1) is 11.6. The topological polar surface area (TPSA) is 52.6 Å². The van der Waals surface area contributed by atoms with Crippen LogP contribution in [0.2, 0.25) is 0 Å². The molecule has 1 saturated carbocycles. The normalized spacial score (nSPS) is 27.0. The molecule has 0 bridgehead atoms. The van der Waals surface area contributed by atoms with E-state index in [4.69, 9.17) is 9.47 Å². The third-order valence-corrected chi connectivity index (χ3v) is 5.84. The molecule has 2 fully saturated rings.